The lowest BCUT2D eigenvalue weighted by Gasteiger charge is -2.37. The van der Waals surface area contributed by atoms with Crippen molar-refractivity contribution in [2.24, 2.45) is 11.7 Å². The van der Waals surface area contributed by atoms with Gasteiger partial charge in [0.2, 0.25) is 0 Å². The standard InChI is InChI=1S/C14H21BrN2/c1-11-5-6-13(8-16)10-17(11)9-12-3-2-4-14(15)7-12/h2-4,7,11,13H,5-6,8-10,16H2,1H3. The average molecular weight is 297 g/mol. The molecule has 0 spiro atoms. The number of hydrogen-bond acceptors (Lipinski definition) is 2. The Kier molecular flexibility index (Phi) is 4.60. The molecule has 2 unspecified atom stereocenters. The van der Waals surface area contributed by atoms with Crippen LogP contribution in [-0.2, 0) is 6.54 Å². The van der Waals surface area contributed by atoms with Crippen LogP contribution in [0.5, 0.6) is 0 Å². The minimum absolute atomic E-state index is 0.678. The maximum absolute atomic E-state index is 5.79. The summed E-state index contributed by atoms with van der Waals surface area (Å²) in [5.41, 5.74) is 7.17. The summed E-state index contributed by atoms with van der Waals surface area (Å²) in [5, 5.41) is 0. The number of benzene rings is 1. The number of nitrogens with two attached hydrogens (primary N) is 1. The Morgan fingerprint density at radius 1 is 1.41 bits per heavy atom. The number of likely N-dealkylation sites (tertiary alicyclic amines) is 1. The summed E-state index contributed by atoms with van der Waals surface area (Å²) in [5.74, 6) is 0.679. The van der Waals surface area contributed by atoms with Crippen molar-refractivity contribution in [3.8, 4) is 0 Å². The molecular formula is C14H21BrN2. The zero-order chi connectivity index (χ0) is 12.3. The Morgan fingerprint density at radius 3 is 2.94 bits per heavy atom. The average Bonchev–Trinajstić information content (AvgIpc) is 2.32. The van der Waals surface area contributed by atoms with Crippen molar-refractivity contribution >= 4 is 15.9 Å². The first-order chi connectivity index (χ1) is 8.19. The van der Waals surface area contributed by atoms with E-state index in [4.69, 9.17) is 5.73 Å². The molecule has 0 bridgehead atoms. The van der Waals surface area contributed by atoms with Crippen molar-refractivity contribution in [2.45, 2.75) is 32.4 Å². The van der Waals surface area contributed by atoms with Crippen molar-refractivity contribution in [3.05, 3.63) is 34.3 Å². The van der Waals surface area contributed by atoms with Crippen LogP contribution in [0.3, 0.4) is 0 Å². The Morgan fingerprint density at radius 2 is 2.24 bits per heavy atom. The lowest BCUT2D eigenvalue weighted by molar-refractivity contribution is 0.113. The zero-order valence-electron chi connectivity index (χ0n) is 10.4. The van der Waals surface area contributed by atoms with Crippen LogP contribution < -0.4 is 5.73 Å². The molecule has 2 nitrogen and oxygen atoms in total. The first kappa shape index (κ1) is 13.1. The minimum atomic E-state index is 0.678. The monoisotopic (exact) mass is 296 g/mol. The molecule has 1 aromatic rings. The molecule has 0 saturated carbocycles. The van der Waals surface area contributed by atoms with E-state index in [1.807, 2.05) is 0 Å². The van der Waals surface area contributed by atoms with Gasteiger partial charge in [-0.1, -0.05) is 28.1 Å². The number of piperidine rings is 1. The molecule has 17 heavy (non-hydrogen) atoms. The van der Waals surface area contributed by atoms with Gasteiger partial charge in [0, 0.05) is 23.6 Å². The van der Waals surface area contributed by atoms with Crippen molar-refractivity contribution in [1.82, 2.24) is 4.90 Å². The summed E-state index contributed by atoms with van der Waals surface area (Å²) in [6.07, 6.45) is 2.56. The fraction of sp³-hybridized carbons (Fsp3) is 0.571. The van der Waals surface area contributed by atoms with Gasteiger partial charge in [0.1, 0.15) is 0 Å². The quantitative estimate of drug-likeness (QED) is 0.929. The number of hydrogen-bond donors (Lipinski definition) is 1. The topological polar surface area (TPSA) is 29.3 Å². The molecule has 1 aliphatic rings. The first-order valence-electron chi connectivity index (χ1n) is 6.37. The Balaban J connectivity index is 2.01. The van der Waals surface area contributed by atoms with Gasteiger partial charge in [0.25, 0.3) is 0 Å². The van der Waals surface area contributed by atoms with Crippen molar-refractivity contribution in [1.29, 1.82) is 0 Å². The molecule has 1 heterocycles. The van der Waals surface area contributed by atoms with E-state index in [-0.39, 0.29) is 0 Å². The van der Waals surface area contributed by atoms with Crippen LogP contribution in [0, 0.1) is 5.92 Å². The summed E-state index contributed by atoms with van der Waals surface area (Å²) in [4.78, 5) is 2.56. The van der Waals surface area contributed by atoms with Crippen molar-refractivity contribution < 1.29 is 0 Å². The van der Waals surface area contributed by atoms with Gasteiger partial charge in [-0.05, 0) is 49.9 Å². The largest absolute Gasteiger partial charge is 0.330 e. The van der Waals surface area contributed by atoms with Gasteiger partial charge in [0.05, 0.1) is 0 Å². The lowest BCUT2D eigenvalue weighted by atomic mass is 9.93. The normalized spacial score (nSPS) is 26.1. The van der Waals surface area contributed by atoms with Crippen LogP contribution in [0.15, 0.2) is 28.7 Å². The molecule has 0 radical (unpaired) electrons. The fourth-order valence-corrected chi connectivity index (χ4v) is 2.99. The summed E-state index contributed by atoms with van der Waals surface area (Å²) < 4.78 is 1.16. The molecule has 94 valence electrons. The molecule has 0 amide bonds. The molecule has 1 aromatic carbocycles. The molecular weight excluding hydrogens is 276 g/mol. The van der Waals surface area contributed by atoms with Gasteiger partial charge in [-0.15, -0.1) is 0 Å². The fourth-order valence-electron chi connectivity index (χ4n) is 2.54. The van der Waals surface area contributed by atoms with Gasteiger partial charge in [-0.3, -0.25) is 4.90 Å². The van der Waals surface area contributed by atoms with Crippen LogP contribution in [-0.4, -0.2) is 24.0 Å². The van der Waals surface area contributed by atoms with E-state index in [9.17, 15) is 0 Å². The molecule has 1 aliphatic heterocycles. The SMILES string of the molecule is CC1CCC(CN)CN1Cc1cccc(Br)c1. The van der Waals surface area contributed by atoms with E-state index < -0.39 is 0 Å². The third-order valence-electron chi connectivity index (χ3n) is 3.72. The third-order valence-corrected chi connectivity index (χ3v) is 4.21. The van der Waals surface area contributed by atoms with Gasteiger partial charge < -0.3 is 5.73 Å². The number of nitrogens with zero attached hydrogens (tertiary/aromatic N) is 1. The van der Waals surface area contributed by atoms with Crippen LogP contribution in [0.4, 0.5) is 0 Å². The summed E-state index contributed by atoms with van der Waals surface area (Å²) >= 11 is 3.53. The van der Waals surface area contributed by atoms with Gasteiger partial charge in [-0.25, -0.2) is 0 Å². The molecule has 2 rings (SSSR count). The van der Waals surface area contributed by atoms with E-state index in [1.54, 1.807) is 0 Å². The molecule has 1 saturated heterocycles. The highest BCUT2D eigenvalue weighted by molar-refractivity contribution is 9.10. The first-order valence-corrected chi connectivity index (χ1v) is 7.17. The molecule has 2 N–H and O–H groups in total. The molecule has 3 heteroatoms. The summed E-state index contributed by atoms with van der Waals surface area (Å²) in [6.45, 7) is 5.33. The highest BCUT2D eigenvalue weighted by Gasteiger charge is 2.24. The zero-order valence-corrected chi connectivity index (χ0v) is 12.0. The van der Waals surface area contributed by atoms with Gasteiger partial charge >= 0.3 is 0 Å². The number of halogens is 1. The van der Waals surface area contributed by atoms with Gasteiger partial charge in [-0.2, -0.15) is 0 Å². The van der Waals surface area contributed by atoms with Gasteiger partial charge in [0.15, 0.2) is 0 Å². The second-order valence-electron chi connectivity index (χ2n) is 5.09. The Hall–Kier alpha value is -0.380. The van der Waals surface area contributed by atoms with E-state index in [2.05, 4.69) is 52.0 Å². The Bertz CT molecular complexity index is 367. The minimum Gasteiger partial charge on any atom is -0.330 e. The predicted octanol–water partition coefficient (Wildman–Crippen LogP) is 3.01. The van der Waals surface area contributed by atoms with Crippen molar-refractivity contribution in [2.75, 3.05) is 13.1 Å². The summed E-state index contributed by atoms with van der Waals surface area (Å²) in [6, 6.07) is 9.26. The predicted molar refractivity (Wildman–Crippen MR) is 75.8 cm³/mol. The Labute approximate surface area is 112 Å². The molecule has 2 atom stereocenters. The highest BCUT2D eigenvalue weighted by Crippen LogP contribution is 2.23. The van der Waals surface area contributed by atoms with E-state index in [0.29, 0.717) is 12.0 Å². The highest BCUT2D eigenvalue weighted by atomic mass is 79.9. The second kappa shape index (κ2) is 5.98. The van der Waals surface area contributed by atoms with E-state index >= 15 is 0 Å². The summed E-state index contributed by atoms with van der Waals surface area (Å²) in [7, 11) is 0. The number of rotatable bonds is 3. The molecule has 0 aliphatic carbocycles. The maximum Gasteiger partial charge on any atom is 0.0237 e. The lowest BCUT2D eigenvalue weighted by Crippen LogP contribution is -2.43. The van der Waals surface area contributed by atoms with Crippen LogP contribution >= 0.6 is 15.9 Å². The van der Waals surface area contributed by atoms with E-state index in [1.165, 1.54) is 18.4 Å². The van der Waals surface area contributed by atoms with Crippen LogP contribution in [0.2, 0.25) is 0 Å². The van der Waals surface area contributed by atoms with Crippen LogP contribution in [0.1, 0.15) is 25.3 Å². The maximum atomic E-state index is 5.79. The molecule has 1 fully saturated rings. The van der Waals surface area contributed by atoms with Crippen LogP contribution in [0.25, 0.3) is 0 Å². The third kappa shape index (κ3) is 3.54. The van der Waals surface area contributed by atoms with E-state index in [0.717, 1.165) is 24.1 Å². The molecule has 0 aromatic heterocycles. The van der Waals surface area contributed by atoms with Crippen molar-refractivity contribution in [3.63, 3.8) is 0 Å². The smallest absolute Gasteiger partial charge is 0.0237 e. The second-order valence-corrected chi connectivity index (χ2v) is 6.00.